The molecule has 0 aromatic heterocycles. The van der Waals surface area contributed by atoms with E-state index in [9.17, 15) is 0 Å². The normalized spacial score (nSPS) is 10.2. The first-order chi connectivity index (χ1) is 9.22. The van der Waals surface area contributed by atoms with E-state index in [0.29, 0.717) is 0 Å². The number of nitrogens with one attached hydrogen (secondary N) is 2. The van der Waals surface area contributed by atoms with Crippen molar-refractivity contribution in [1.29, 1.82) is 0 Å². The number of aryl methyl sites for hydroxylation is 1. The maximum absolute atomic E-state index is 5.34. The van der Waals surface area contributed by atoms with E-state index in [0.717, 1.165) is 12.1 Å². The van der Waals surface area contributed by atoms with Crippen LogP contribution in [0.1, 0.15) is 51.0 Å². The molecular weight excluding hydrogens is 254 g/mol. The van der Waals surface area contributed by atoms with Gasteiger partial charge in [0, 0.05) is 0 Å². The van der Waals surface area contributed by atoms with Crippen molar-refractivity contribution in [3.05, 3.63) is 29.8 Å². The minimum atomic E-state index is 0.246. The molecule has 0 unspecified atom stereocenters. The maximum atomic E-state index is 5.34. The first-order valence-electron chi connectivity index (χ1n) is 7.12. The lowest BCUT2D eigenvalue weighted by atomic mass is 10.0. The van der Waals surface area contributed by atoms with Gasteiger partial charge in [-0.3, -0.25) is 10.9 Å². The Hall–Kier alpha value is -1.29. The van der Waals surface area contributed by atoms with Crippen LogP contribution in [0.15, 0.2) is 24.3 Å². The Balaban J connectivity index is 2.19. The van der Waals surface area contributed by atoms with Gasteiger partial charge in [-0.2, -0.15) is 0 Å². The maximum Gasteiger partial charge on any atom is 0.182 e. The summed E-state index contributed by atoms with van der Waals surface area (Å²) in [6, 6.07) is 8.38. The van der Waals surface area contributed by atoms with Crippen LogP contribution in [0, 0.1) is 0 Å². The van der Waals surface area contributed by atoms with Gasteiger partial charge in [0.15, 0.2) is 5.11 Å². The van der Waals surface area contributed by atoms with Crippen LogP contribution in [0.25, 0.3) is 0 Å². The number of hydrogen-bond donors (Lipinski definition) is 3. The van der Waals surface area contributed by atoms with Gasteiger partial charge in [-0.1, -0.05) is 51.2 Å². The van der Waals surface area contributed by atoms with Crippen LogP contribution in [0.4, 0.5) is 5.69 Å². The Morgan fingerprint density at radius 3 is 2.32 bits per heavy atom. The van der Waals surface area contributed by atoms with Gasteiger partial charge in [-0.05, 0) is 42.8 Å². The van der Waals surface area contributed by atoms with E-state index in [1.807, 2.05) is 12.1 Å². The molecule has 0 aliphatic heterocycles. The number of unbranched alkanes of at least 4 members (excludes halogenated alkanes) is 5. The molecule has 0 radical (unpaired) electrons. The molecule has 0 fully saturated rings. The summed E-state index contributed by atoms with van der Waals surface area (Å²) in [5.74, 6) is 0. The molecule has 0 bridgehead atoms. The van der Waals surface area contributed by atoms with Crippen LogP contribution in [0.2, 0.25) is 0 Å². The SMILES string of the molecule is CCCCCCCCc1ccc(NNC(N)=S)cc1. The first kappa shape index (κ1) is 15.8. The molecule has 1 aromatic rings. The summed E-state index contributed by atoms with van der Waals surface area (Å²) in [4.78, 5) is 0. The molecular formula is C15H25N3S. The number of hydrazine groups is 1. The fraction of sp³-hybridized carbons (Fsp3) is 0.533. The van der Waals surface area contributed by atoms with E-state index in [-0.39, 0.29) is 5.11 Å². The van der Waals surface area contributed by atoms with E-state index in [1.165, 1.54) is 44.1 Å². The summed E-state index contributed by atoms with van der Waals surface area (Å²) in [5, 5.41) is 0.246. The second kappa shape index (κ2) is 9.62. The molecule has 0 heterocycles. The zero-order chi connectivity index (χ0) is 13.9. The minimum Gasteiger partial charge on any atom is -0.375 e. The Morgan fingerprint density at radius 1 is 1.05 bits per heavy atom. The molecule has 19 heavy (non-hydrogen) atoms. The van der Waals surface area contributed by atoms with E-state index >= 15 is 0 Å². The lowest BCUT2D eigenvalue weighted by Gasteiger charge is -2.08. The fourth-order valence-electron chi connectivity index (χ4n) is 2.00. The standard InChI is InChI=1S/C15H25N3S/c1-2-3-4-5-6-7-8-13-9-11-14(12-10-13)17-18-15(16)19/h9-12,17H,2-8H2,1H3,(H3,16,18,19). The number of thiocarbonyl (C=S) groups is 1. The average Bonchev–Trinajstić information content (AvgIpc) is 2.41. The number of anilines is 1. The molecule has 0 aliphatic carbocycles. The molecule has 0 amide bonds. The van der Waals surface area contributed by atoms with Gasteiger partial charge in [0.05, 0.1) is 5.69 Å². The molecule has 106 valence electrons. The van der Waals surface area contributed by atoms with Crippen molar-refractivity contribution in [2.75, 3.05) is 5.43 Å². The molecule has 0 saturated carbocycles. The quantitative estimate of drug-likeness (QED) is 0.366. The van der Waals surface area contributed by atoms with Gasteiger partial charge in [-0.25, -0.2) is 0 Å². The second-order valence-electron chi connectivity index (χ2n) is 4.83. The molecule has 1 rings (SSSR count). The molecule has 3 nitrogen and oxygen atoms in total. The Labute approximate surface area is 121 Å². The highest BCUT2D eigenvalue weighted by Crippen LogP contribution is 2.12. The molecule has 4 N–H and O–H groups in total. The van der Waals surface area contributed by atoms with Crippen LogP contribution < -0.4 is 16.6 Å². The van der Waals surface area contributed by atoms with Gasteiger partial charge in [0.25, 0.3) is 0 Å². The van der Waals surface area contributed by atoms with Crippen molar-refractivity contribution in [3.63, 3.8) is 0 Å². The monoisotopic (exact) mass is 279 g/mol. The largest absolute Gasteiger partial charge is 0.375 e. The lowest BCUT2D eigenvalue weighted by molar-refractivity contribution is 0.607. The first-order valence-corrected chi connectivity index (χ1v) is 7.53. The van der Waals surface area contributed by atoms with Crippen LogP contribution in [0.3, 0.4) is 0 Å². The average molecular weight is 279 g/mol. The van der Waals surface area contributed by atoms with Crippen molar-refractivity contribution in [3.8, 4) is 0 Å². The van der Waals surface area contributed by atoms with Crippen molar-refractivity contribution in [1.82, 2.24) is 5.43 Å². The molecule has 1 aromatic carbocycles. The molecule has 4 heteroatoms. The van der Waals surface area contributed by atoms with Crippen LogP contribution in [-0.2, 0) is 6.42 Å². The van der Waals surface area contributed by atoms with E-state index in [1.54, 1.807) is 0 Å². The lowest BCUT2D eigenvalue weighted by Crippen LogP contribution is -2.33. The summed E-state index contributed by atoms with van der Waals surface area (Å²) in [7, 11) is 0. The summed E-state index contributed by atoms with van der Waals surface area (Å²) in [6.07, 6.45) is 9.21. The fourth-order valence-corrected chi connectivity index (χ4v) is 2.05. The van der Waals surface area contributed by atoms with Crippen LogP contribution >= 0.6 is 12.2 Å². The third-order valence-electron chi connectivity index (χ3n) is 3.10. The number of rotatable bonds is 9. The van der Waals surface area contributed by atoms with Gasteiger partial charge < -0.3 is 5.73 Å². The van der Waals surface area contributed by atoms with Gasteiger partial charge >= 0.3 is 0 Å². The van der Waals surface area contributed by atoms with Crippen molar-refractivity contribution in [2.45, 2.75) is 51.9 Å². The summed E-state index contributed by atoms with van der Waals surface area (Å²) >= 11 is 4.73. The van der Waals surface area contributed by atoms with Crippen molar-refractivity contribution in [2.24, 2.45) is 5.73 Å². The second-order valence-corrected chi connectivity index (χ2v) is 5.27. The third-order valence-corrected chi connectivity index (χ3v) is 3.21. The number of nitrogens with two attached hydrogens (primary N) is 1. The molecule has 0 atom stereocenters. The van der Waals surface area contributed by atoms with Gasteiger partial charge in [0.1, 0.15) is 0 Å². The number of hydrogen-bond acceptors (Lipinski definition) is 2. The highest BCUT2D eigenvalue weighted by molar-refractivity contribution is 7.80. The van der Waals surface area contributed by atoms with Gasteiger partial charge in [0.2, 0.25) is 0 Å². The zero-order valence-electron chi connectivity index (χ0n) is 11.7. The minimum absolute atomic E-state index is 0.246. The summed E-state index contributed by atoms with van der Waals surface area (Å²) < 4.78 is 0. The zero-order valence-corrected chi connectivity index (χ0v) is 12.6. The Kier molecular flexibility index (Phi) is 7.98. The van der Waals surface area contributed by atoms with Crippen molar-refractivity contribution >= 4 is 23.0 Å². The van der Waals surface area contributed by atoms with Crippen LogP contribution in [0.5, 0.6) is 0 Å². The van der Waals surface area contributed by atoms with E-state index < -0.39 is 0 Å². The predicted molar refractivity (Wildman–Crippen MR) is 87.1 cm³/mol. The number of benzene rings is 1. The van der Waals surface area contributed by atoms with Gasteiger partial charge in [-0.15, -0.1) is 0 Å². The summed E-state index contributed by atoms with van der Waals surface area (Å²) in [5.41, 5.74) is 13.4. The third kappa shape index (κ3) is 7.67. The topological polar surface area (TPSA) is 50.1 Å². The Bertz CT molecular complexity index is 362. The molecule has 0 aliphatic rings. The smallest absolute Gasteiger partial charge is 0.182 e. The van der Waals surface area contributed by atoms with Crippen LogP contribution in [-0.4, -0.2) is 5.11 Å². The molecule has 0 saturated heterocycles. The Morgan fingerprint density at radius 2 is 1.68 bits per heavy atom. The van der Waals surface area contributed by atoms with Crippen molar-refractivity contribution < 1.29 is 0 Å². The highest BCUT2D eigenvalue weighted by atomic mass is 32.1. The van der Waals surface area contributed by atoms with E-state index in [4.69, 9.17) is 18.0 Å². The predicted octanol–water partition coefficient (Wildman–Crippen LogP) is 3.75. The highest BCUT2D eigenvalue weighted by Gasteiger charge is 1.96. The summed E-state index contributed by atoms with van der Waals surface area (Å²) in [6.45, 7) is 2.25. The van der Waals surface area contributed by atoms with E-state index in [2.05, 4.69) is 29.9 Å². The molecule has 0 spiro atoms.